The second-order valence-corrected chi connectivity index (χ2v) is 11.9. The maximum atomic E-state index is 14.1. The Hall–Kier alpha value is -1.88. The molecule has 1 N–H and O–H groups in total. The molecule has 2 amide bonds. The number of amides is 2. The molecule has 0 radical (unpaired) electrons. The molecule has 3 saturated heterocycles. The van der Waals surface area contributed by atoms with Crippen LogP contribution in [0.2, 0.25) is 0 Å². The minimum absolute atomic E-state index is 0.0714. The van der Waals surface area contributed by atoms with E-state index in [9.17, 15) is 19.5 Å². The molecule has 5 atom stereocenters. The third-order valence-electron chi connectivity index (χ3n) is 7.95. The van der Waals surface area contributed by atoms with Crippen LogP contribution in [-0.4, -0.2) is 119 Å². The Bertz CT molecular complexity index is 921. The summed E-state index contributed by atoms with van der Waals surface area (Å²) in [6.45, 7) is 7.37. The van der Waals surface area contributed by atoms with Crippen molar-refractivity contribution in [1.29, 1.82) is 0 Å². The first kappa shape index (κ1) is 24.8. The van der Waals surface area contributed by atoms with Crippen LogP contribution in [0.15, 0.2) is 24.3 Å². The largest absolute Gasteiger partial charge is 0.465 e. The minimum atomic E-state index is -0.857. The van der Waals surface area contributed by atoms with Crippen molar-refractivity contribution in [1.82, 2.24) is 14.7 Å². The summed E-state index contributed by atoms with van der Waals surface area (Å²) in [5.74, 6) is -1.99. The van der Waals surface area contributed by atoms with Gasteiger partial charge in [0.15, 0.2) is 0 Å². The molecule has 5 rings (SSSR count). The van der Waals surface area contributed by atoms with Gasteiger partial charge in [0.1, 0.15) is 6.04 Å². The van der Waals surface area contributed by atoms with Crippen LogP contribution in [-0.2, 0) is 23.9 Å². The van der Waals surface area contributed by atoms with E-state index in [-0.39, 0.29) is 30.9 Å². The van der Waals surface area contributed by atoms with Crippen molar-refractivity contribution in [3.05, 3.63) is 24.3 Å². The number of aliphatic hydroxyl groups is 1. The van der Waals surface area contributed by atoms with E-state index in [1.54, 1.807) is 16.7 Å². The van der Waals surface area contributed by atoms with Gasteiger partial charge in [0.05, 0.1) is 36.4 Å². The zero-order valence-electron chi connectivity index (χ0n) is 20.3. The lowest BCUT2D eigenvalue weighted by Crippen LogP contribution is -2.54. The van der Waals surface area contributed by atoms with E-state index >= 15 is 0 Å². The molecule has 35 heavy (non-hydrogen) atoms. The maximum Gasteiger partial charge on any atom is 0.311 e. The Morgan fingerprint density at radius 3 is 2.60 bits per heavy atom. The van der Waals surface area contributed by atoms with Crippen molar-refractivity contribution in [2.45, 2.75) is 35.3 Å². The first-order chi connectivity index (χ1) is 16.9. The molecule has 10 heteroatoms. The molecule has 5 heterocycles. The molecule has 0 saturated carbocycles. The molecule has 9 nitrogen and oxygen atoms in total. The summed E-state index contributed by atoms with van der Waals surface area (Å²) >= 11 is 1.56. The third-order valence-corrected chi connectivity index (χ3v) is 9.75. The summed E-state index contributed by atoms with van der Waals surface area (Å²) in [6.07, 6.45) is 9.09. The van der Waals surface area contributed by atoms with Crippen LogP contribution < -0.4 is 0 Å². The Morgan fingerprint density at radius 2 is 1.83 bits per heavy atom. The van der Waals surface area contributed by atoms with Gasteiger partial charge in [-0.2, -0.15) is 0 Å². The number of hydrogen-bond acceptors (Lipinski definition) is 8. The summed E-state index contributed by atoms with van der Waals surface area (Å²) in [6, 6.07) is -0.716. The highest BCUT2D eigenvalue weighted by Gasteiger charge is 2.73. The lowest BCUT2D eigenvalue weighted by Gasteiger charge is -2.37. The molecule has 0 aromatic carbocycles. The number of rotatable bonds is 6. The fourth-order valence-electron chi connectivity index (χ4n) is 6.30. The number of nitrogens with zero attached hydrogens (tertiary/aromatic N) is 3. The Morgan fingerprint density at radius 1 is 1.03 bits per heavy atom. The molecule has 3 fully saturated rings. The third kappa shape index (κ3) is 4.22. The Labute approximate surface area is 210 Å². The van der Waals surface area contributed by atoms with Gasteiger partial charge in [0.2, 0.25) is 11.8 Å². The topological polar surface area (TPSA) is 99.6 Å². The van der Waals surface area contributed by atoms with Crippen LogP contribution in [0.5, 0.6) is 0 Å². The zero-order valence-corrected chi connectivity index (χ0v) is 21.1. The summed E-state index contributed by atoms with van der Waals surface area (Å²) in [7, 11) is 0. The van der Waals surface area contributed by atoms with Gasteiger partial charge >= 0.3 is 5.97 Å². The number of carbonyl (C=O) groups excluding carboxylic acids is 3. The van der Waals surface area contributed by atoms with Gasteiger partial charge in [-0.15, -0.1) is 11.8 Å². The van der Waals surface area contributed by atoms with Crippen molar-refractivity contribution < 1.29 is 29.0 Å². The molecule has 0 aromatic heterocycles. The highest BCUT2D eigenvalue weighted by molar-refractivity contribution is 8.02. The summed E-state index contributed by atoms with van der Waals surface area (Å²) < 4.78 is 9.48. The molecule has 0 bridgehead atoms. The van der Waals surface area contributed by atoms with Gasteiger partial charge in [0.25, 0.3) is 0 Å². The average Bonchev–Trinajstić information content (AvgIpc) is 3.16. The van der Waals surface area contributed by atoms with Gasteiger partial charge in [-0.3, -0.25) is 19.3 Å². The number of morpholine rings is 1. The first-order valence-electron chi connectivity index (χ1n) is 12.6. The highest BCUT2D eigenvalue weighted by atomic mass is 32.2. The predicted molar refractivity (Wildman–Crippen MR) is 131 cm³/mol. The van der Waals surface area contributed by atoms with Crippen LogP contribution in [0.3, 0.4) is 0 Å². The second-order valence-electron chi connectivity index (χ2n) is 10.1. The van der Waals surface area contributed by atoms with Crippen LogP contribution in [0, 0.1) is 11.8 Å². The average molecular weight is 506 g/mol. The quantitative estimate of drug-likeness (QED) is 0.406. The lowest BCUT2D eigenvalue weighted by molar-refractivity contribution is -0.154. The van der Waals surface area contributed by atoms with Crippen molar-refractivity contribution in [2.75, 3.05) is 65.7 Å². The number of carbonyl (C=O) groups is 3. The number of aliphatic hydroxyl groups excluding tert-OH is 1. The molecule has 1 unspecified atom stereocenters. The van der Waals surface area contributed by atoms with E-state index in [0.717, 1.165) is 19.6 Å². The molecule has 5 aliphatic heterocycles. The SMILES string of the molecule is C[C@]12C=CCCOC(=O)[C@H]1[C@H]1C(=O)N(CCCO)C3C(=O)N(CCN4CCOCC4)CC=C[C@@]31S2. The van der Waals surface area contributed by atoms with Gasteiger partial charge in [0, 0.05) is 50.6 Å². The van der Waals surface area contributed by atoms with Crippen molar-refractivity contribution in [2.24, 2.45) is 11.8 Å². The fraction of sp³-hybridized carbons (Fsp3) is 0.720. The first-order valence-corrected chi connectivity index (χ1v) is 13.5. The normalized spacial score (nSPS) is 37.4. The molecule has 0 aromatic rings. The van der Waals surface area contributed by atoms with Gasteiger partial charge in [-0.25, -0.2) is 0 Å². The predicted octanol–water partition coefficient (Wildman–Crippen LogP) is 0.290. The fourth-order valence-corrected chi connectivity index (χ4v) is 8.46. The summed E-state index contributed by atoms with van der Waals surface area (Å²) in [5, 5.41) is 9.50. The number of hydrogen-bond donors (Lipinski definition) is 1. The van der Waals surface area contributed by atoms with Crippen LogP contribution >= 0.6 is 11.8 Å². The lowest BCUT2D eigenvalue weighted by atomic mass is 9.74. The van der Waals surface area contributed by atoms with Crippen LogP contribution in [0.1, 0.15) is 19.8 Å². The monoisotopic (exact) mass is 505 g/mol. The van der Waals surface area contributed by atoms with E-state index in [0.29, 0.717) is 45.8 Å². The van der Waals surface area contributed by atoms with Gasteiger partial charge < -0.3 is 24.4 Å². The number of fused-ring (bicyclic) bond motifs is 2. The van der Waals surface area contributed by atoms with Crippen LogP contribution in [0.4, 0.5) is 0 Å². The zero-order chi connectivity index (χ0) is 24.6. The number of cyclic esters (lactones) is 1. The van der Waals surface area contributed by atoms with Crippen molar-refractivity contribution in [3.63, 3.8) is 0 Å². The maximum absolute atomic E-state index is 14.1. The minimum Gasteiger partial charge on any atom is -0.465 e. The van der Waals surface area contributed by atoms with E-state index in [4.69, 9.17) is 9.47 Å². The van der Waals surface area contributed by atoms with Crippen molar-refractivity contribution in [3.8, 4) is 0 Å². The molecular formula is C25H35N3O6S. The number of thioether (sulfide) groups is 1. The Balaban J connectivity index is 1.49. The number of esters is 1. The standard InChI is InChI=1S/C25H35N3O6S/c1-24-6-2-3-15-34-23(32)19(24)18-21(30)28(9-5-14-29)20-22(31)27(8-4-7-25(18,20)35-24)11-10-26-12-16-33-17-13-26/h2,4,6-7,18-20,29H,3,5,8-17H2,1H3/t18-,19+,20?,24-,25-/m0/s1. The van der Waals surface area contributed by atoms with Gasteiger partial charge in [-0.1, -0.05) is 24.3 Å². The van der Waals surface area contributed by atoms with E-state index < -0.39 is 27.4 Å². The van der Waals surface area contributed by atoms with Gasteiger partial charge in [-0.05, 0) is 19.8 Å². The van der Waals surface area contributed by atoms with E-state index in [1.807, 2.05) is 36.1 Å². The van der Waals surface area contributed by atoms with Crippen molar-refractivity contribution >= 4 is 29.5 Å². The molecule has 1 spiro atoms. The summed E-state index contributed by atoms with van der Waals surface area (Å²) in [4.78, 5) is 47.0. The molecular weight excluding hydrogens is 470 g/mol. The number of ether oxygens (including phenoxy) is 2. The van der Waals surface area contributed by atoms with Crippen LogP contribution in [0.25, 0.3) is 0 Å². The molecule has 192 valence electrons. The highest BCUT2D eigenvalue weighted by Crippen LogP contribution is 2.65. The second kappa shape index (κ2) is 9.88. The van der Waals surface area contributed by atoms with E-state index in [2.05, 4.69) is 4.90 Å². The molecule has 0 aliphatic carbocycles. The molecule has 5 aliphatic rings. The smallest absolute Gasteiger partial charge is 0.311 e. The number of likely N-dealkylation sites (tertiary alicyclic amines) is 1. The summed E-state index contributed by atoms with van der Waals surface area (Å²) in [5.41, 5.74) is 0. The Kier molecular flexibility index (Phi) is 7.00. The van der Waals surface area contributed by atoms with E-state index in [1.165, 1.54) is 0 Å².